The van der Waals surface area contributed by atoms with Crippen LogP contribution in [-0.4, -0.2) is 39.3 Å². The topological polar surface area (TPSA) is 38.1 Å². The Hall–Kier alpha value is -1.59. The highest BCUT2D eigenvalue weighted by Gasteiger charge is 2.37. The van der Waals surface area contributed by atoms with Gasteiger partial charge in [0.1, 0.15) is 6.17 Å². The lowest BCUT2D eigenvalue weighted by Gasteiger charge is -2.32. The molecule has 1 atom stereocenters. The molecule has 0 bridgehead atoms. The highest BCUT2D eigenvalue weighted by atomic mass is 35.5. The Morgan fingerprint density at radius 2 is 1.79 bits per heavy atom. The van der Waals surface area contributed by atoms with E-state index in [1.165, 1.54) is 0 Å². The molecule has 0 radical (unpaired) electrons. The summed E-state index contributed by atoms with van der Waals surface area (Å²) in [6.07, 6.45) is 6.96. The summed E-state index contributed by atoms with van der Waals surface area (Å²) < 4.78 is 15.1. The van der Waals surface area contributed by atoms with Crippen LogP contribution in [0.15, 0.2) is 24.5 Å². The fourth-order valence-corrected chi connectivity index (χ4v) is 5.08. The van der Waals surface area contributed by atoms with Crippen molar-refractivity contribution >= 4 is 29.1 Å². The van der Waals surface area contributed by atoms with Crippen LogP contribution in [0.1, 0.15) is 37.7 Å². The lowest BCUT2D eigenvalue weighted by Crippen LogP contribution is -2.40. The maximum Gasteiger partial charge on any atom is 0.226 e. The molecule has 1 aromatic carbocycles. The minimum Gasteiger partial charge on any atom is -0.339 e. The number of amides is 1. The lowest BCUT2D eigenvalue weighted by molar-refractivity contribution is -0.133. The summed E-state index contributed by atoms with van der Waals surface area (Å²) >= 11 is 13.1. The van der Waals surface area contributed by atoms with Crippen molar-refractivity contribution in [2.45, 2.75) is 50.7 Å². The van der Waals surface area contributed by atoms with Gasteiger partial charge >= 0.3 is 0 Å². The first-order chi connectivity index (χ1) is 13.4. The maximum atomic E-state index is 13.4. The fraction of sp³-hybridized carbons (Fsp3) is 0.524. The minimum absolute atomic E-state index is 0.109. The van der Waals surface area contributed by atoms with E-state index in [9.17, 15) is 9.18 Å². The number of benzene rings is 1. The van der Waals surface area contributed by atoms with Gasteiger partial charge in [0.2, 0.25) is 5.91 Å². The van der Waals surface area contributed by atoms with Crippen LogP contribution in [0.5, 0.6) is 0 Å². The zero-order valence-electron chi connectivity index (χ0n) is 15.9. The number of alkyl halides is 1. The predicted molar refractivity (Wildman–Crippen MR) is 109 cm³/mol. The average Bonchev–Trinajstić information content (AvgIpc) is 3.25. The summed E-state index contributed by atoms with van der Waals surface area (Å²) in [5.74, 6) is 0.0492. The fourth-order valence-electron chi connectivity index (χ4n) is 4.44. The summed E-state index contributed by atoms with van der Waals surface area (Å²) in [7, 11) is 1.86. The van der Waals surface area contributed by atoms with Gasteiger partial charge in [0.25, 0.3) is 0 Å². The molecule has 28 heavy (non-hydrogen) atoms. The molecule has 1 aliphatic carbocycles. The standard InChI is InChI=1S/C21H24Cl2FN3O/c1-26-12-15(11-25-26)14-9-19(22)18(20(23)10-14)8-13-6-7-27(21(13)28)17-4-2-16(24)3-5-17/h9-13,16-17H,2-8H2,1H3/t13-,16?,17?/m0/s1. The largest absolute Gasteiger partial charge is 0.339 e. The number of likely N-dealkylation sites (tertiary alicyclic amines) is 1. The summed E-state index contributed by atoms with van der Waals surface area (Å²) in [5, 5.41) is 5.34. The van der Waals surface area contributed by atoms with Crippen molar-refractivity contribution in [3.63, 3.8) is 0 Å². The highest BCUT2D eigenvalue weighted by molar-refractivity contribution is 6.36. The molecule has 1 saturated carbocycles. The van der Waals surface area contributed by atoms with Crippen molar-refractivity contribution < 1.29 is 9.18 Å². The first-order valence-electron chi connectivity index (χ1n) is 9.84. The molecule has 150 valence electrons. The van der Waals surface area contributed by atoms with E-state index in [2.05, 4.69) is 5.10 Å². The third kappa shape index (κ3) is 3.92. The molecular formula is C21H24Cl2FN3O. The minimum atomic E-state index is -0.708. The van der Waals surface area contributed by atoms with Gasteiger partial charge in [-0.1, -0.05) is 23.2 Å². The molecule has 2 aliphatic rings. The number of hydrogen-bond acceptors (Lipinski definition) is 2. The number of carbonyl (C=O) groups excluding carboxylic acids is 1. The molecule has 0 spiro atoms. The van der Waals surface area contributed by atoms with Crippen LogP contribution < -0.4 is 0 Å². The van der Waals surface area contributed by atoms with Crippen molar-refractivity contribution in [1.29, 1.82) is 0 Å². The third-order valence-electron chi connectivity index (χ3n) is 6.05. The lowest BCUT2D eigenvalue weighted by atomic mass is 9.92. The van der Waals surface area contributed by atoms with E-state index in [-0.39, 0.29) is 17.9 Å². The number of nitrogens with zero attached hydrogens (tertiary/aromatic N) is 3. The summed E-state index contributed by atoms with van der Waals surface area (Å²) in [6, 6.07) is 3.96. The van der Waals surface area contributed by atoms with E-state index in [4.69, 9.17) is 23.2 Å². The molecule has 0 unspecified atom stereocenters. The van der Waals surface area contributed by atoms with Crippen LogP contribution in [0.3, 0.4) is 0 Å². The van der Waals surface area contributed by atoms with Crippen molar-refractivity contribution in [2.24, 2.45) is 13.0 Å². The third-order valence-corrected chi connectivity index (χ3v) is 6.72. The highest BCUT2D eigenvalue weighted by Crippen LogP contribution is 2.36. The van der Waals surface area contributed by atoms with Crippen LogP contribution in [0.25, 0.3) is 11.1 Å². The van der Waals surface area contributed by atoms with Crippen LogP contribution in [-0.2, 0) is 18.3 Å². The van der Waals surface area contributed by atoms with E-state index in [0.29, 0.717) is 29.3 Å². The summed E-state index contributed by atoms with van der Waals surface area (Å²) in [6.45, 7) is 0.744. The second-order valence-electron chi connectivity index (χ2n) is 7.95. The number of carbonyl (C=O) groups is 1. The molecule has 0 N–H and O–H groups in total. The Morgan fingerprint density at radius 3 is 2.39 bits per heavy atom. The van der Waals surface area contributed by atoms with E-state index in [1.807, 2.05) is 30.3 Å². The Morgan fingerprint density at radius 1 is 1.11 bits per heavy atom. The molecule has 4 nitrogen and oxygen atoms in total. The second-order valence-corrected chi connectivity index (χ2v) is 8.76. The van der Waals surface area contributed by atoms with Crippen molar-refractivity contribution in [2.75, 3.05) is 6.54 Å². The summed E-state index contributed by atoms with van der Waals surface area (Å²) in [5.41, 5.74) is 2.68. The first kappa shape index (κ1) is 19.7. The Balaban J connectivity index is 1.48. The molecule has 1 aromatic heterocycles. The normalized spacial score (nSPS) is 25.5. The van der Waals surface area contributed by atoms with E-state index in [1.54, 1.807) is 10.9 Å². The van der Waals surface area contributed by atoms with Gasteiger partial charge in [-0.25, -0.2) is 4.39 Å². The molecule has 2 fully saturated rings. The molecule has 4 rings (SSSR count). The van der Waals surface area contributed by atoms with Crippen molar-refractivity contribution in [3.8, 4) is 11.1 Å². The quantitative estimate of drug-likeness (QED) is 0.688. The number of rotatable bonds is 4. The van der Waals surface area contributed by atoms with Gasteiger partial charge in [0.05, 0.1) is 6.20 Å². The number of aryl methyl sites for hydroxylation is 1. The summed E-state index contributed by atoms with van der Waals surface area (Å²) in [4.78, 5) is 14.9. The molecule has 1 aliphatic heterocycles. The molecule has 2 aromatic rings. The zero-order chi connectivity index (χ0) is 19.8. The van der Waals surface area contributed by atoms with Crippen LogP contribution in [0.4, 0.5) is 4.39 Å². The zero-order valence-corrected chi connectivity index (χ0v) is 17.4. The second kappa shape index (κ2) is 8.03. The number of hydrogen-bond donors (Lipinski definition) is 0. The SMILES string of the molecule is Cn1cc(-c2cc(Cl)c(C[C@@H]3CCN(C4CCC(F)CC4)C3=O)c(Cl)c2)cn1. The predicted octanol–water partition coefficient (Wildman–Crippen LogP) is 5.07. The molecule has 7 heteroatoms. The Kier molecular flexibility index (Phi) is 5.66. The Bertz CT molecular complexity index is 853. The van der Waals surface area contributed by atoms with Crippen LogP contribution in [0.2, 0.25) is 10.0 Å². The van der Waals surface area contributed by atoms with E-state index >= 15 is 0 Å². The monoisotopic (exact) mass is 423 g/mol. The van der Waals surface area contributed by atoms with Crippen molar-refractivity contribution in [1.82, 2.24) is 14.7 Å². The smallest absolute Gasteiger partial charge is 0.226 e. The first-order valence-corrected chi connectivity index (χ1v) is 10.6. The molecule has 1 amide bonds. The number of halogens is 3. The van der Waals surface area contributed by atoms with Crippen LogP contribution >= 0.6 is 23.2 Å². The van der Waals surface area contributed by atoms with Crippen molar-refractivity contribution in [3.05, 3.63) is 40.1 Å². The van der Waals surface area contributed by atoms with Gasteiger partial charge in [-0.05, 0) is 61.8 Å². The van der Waals surface area contributed by atoms with E-state index in [0.717, 1.165) is 42.5 Å². The Labute approximate surface area is 174 Å². The average molecular weight is 424 g/mol. The van der Waals surface area contributed by atoms with Gasteiger partial charge in [-0.3, -0.25) is 9.48 Å². The molecule has 1 saturated heterocycles. The number of aromatic nitrogens is 2. The van der Waals surface area contributed by atoms with E-state index < -0.39 is 6.17 Å². The molecular weight excluding hydrogens is 400 g/mol. The molecule has 2 heterocycles. The van der Waals surface area contributed by atoms with Gasteiger partial charge in [0, 0.05) is 47.4 Å². The van der Waals surface area contributed by atoms with Gasteiger partial charge < -0.3 is 4.90 Å². The van der Waals surface area contributed by atoms with Gasteiger partial charge in [-0.15, -0.1) is 0 Å². The van der Waals surface area contributed by atoms with Crippen LogP contribution in [0, 0.1) is 5.92 Å². The van der Waals surface area contributed by atoms with Gasteiger partial charge in [0.15, 0.2) is 0 Å². The van der Waals surface area contributed by atoms with Gasteiger partial charge in [-0.2, -0.15) is 5.10 Å². The maximum absolute atomic E-state index is 13.4.